The number of aromatic amines is 1. The van der Waals surface area contributed by atoms with Crippen LogP contribution in [0.1, 0.15) is 53.5 Å². The van der Waals surface area contributed by atoms with Gasteiger partial charge in [-0.15, -0.1) is 0 Å². The molecule has 0 bridgehead atoms. The SMILES string of the molecule is COc1ccc(C2CCCC3NCc4[nH]c5ccc(C)cc5c4C32)cc1OC. The molecule has 3 atom stereocenters. The van der Waals surface area contributed by atoms with Crippen molar-refractivity contribution in [3.63, 3.8) is 0 Å². The van der Waals surface area contributed by atoms with Gasteiger partial charge in [-0.05, 0) is 61.1 Å². The van der Waals surface area contributed by atoms with E-state index in [-0.39, 0.29) is 0 Å². The quantitative estimate of drug-likeness (QED) is 0.675. The van der Waals surface area contributed by atoms with Crippen LogP contribution in [-0.4, -0.2) is 25.2 Å². The molecule has 2 N–H and O–H groups in total. The van der Waals surface area contributed by atoms with Crippen molar-refractivity contribution in [1.82, 2.24) is 10.3 Å². The maximum Gasteiger partial charge on any atom is 0.160 e. The van der Waals surface area contributed by atoms with E-state index in [1.54, 1.807) is 14.2 Å². The van der Waals surface area contributed by atoms with Gasteiger partial charge < -0.3 is 19.8 Å². The van der Waals surface area contributed by atoms with Crippen LogP contribution in [0.4, 0.5) is 0 Å². The third-order valence-corrected chi connectivity index (χ3v) is 6.68. The minimum absolute atomic E-state index is 0.476. The lowest BCUT2D eigenvalue weighted by atomic mass is 9.67. The number of benzene rings is 2. The molecular formula is C24H28N2O2. The monoisotopic (exact) mass is 376 g/mol. The van der Waals surface area contributed by atoms with Crippen LogP contribution in [0.3, 0.4) is 0 Å². The summed E-state index contributed by atoms with van der Waals surface area (Å²) >= 11 is 0. The molecule has 2 aromatic carbocycles. The van der Waals surface area contributed by atoms with E-state index in [9.17, 15) is 0 Å². The Morgan fingerprint density at radius 3 is 2.64 bits per heavy atom. The third kappa shape index (κ3) is 2.70. The van der Waals surface area contributed by atoms with E-state index < -0.39 is 0 Å². The Labute approximate surface area is 166 Å². The lowest BCUT2D eigenvalue weighted by molar-refractivity contribution is 0.274. The first kappa shape index (κ1) is 17.6. The lowest BCUT2D eigenvalue weighted by Crippen LogP contribution is -2.44. The zero-order valence-corrected chi connectivity index (χ0v) is 16.8. The zero-order chi connectivity index (χ0) is 19.3. The standard InChI is InChI=1S/C24H28N2O2/c1-14-7-9-18-17(11-14)24-20(26-18)13-25-19-6-4-5-16(23(19)24)15-8-10-21(27-2)22(12-15)28-3/h7-12,16,19,23,25-26H,4-6,13H2,1-3H3. The fourth-order valence-corrected chi connectivity index (χ4v) is 5.42. The number of aromatic nitrogens is 1. The molecule has 0 amide bonds. The van der Waals surface area contributed by atoms with Gasteiger partial charge in [-0.1, -0.05) is 24.1 Å². The zero-order valence-electron chi connectivity index (χ0n) is 16.8. The maximum absolute atomic E-state index is 5.60. The fraction of sp³-hybridized carbons (Fsp3) is 0.417. The van der Waals surface area contributed by atoms with E-state index in [1.807, 2.05) is 6.07 Å². The number of aryl methyl sites for hydroxylation is 1. The Morgan fingerprint density at radius 2 is 1.82 bits per heavy atom. The van der Waals surface area contributed by atoms with Crippen molar-refractivity contribution < 1.29 is 9.47 Å². The molecule has 0 spiro atoms. The summed E-state index contributed by atoms with van der Waals surface area (Å²) in [6.07, 6.45) is 3.70. The maximum atomic E-state index is 5.60. The number of H-pyrrole nitrogens is 1. The van der Waals surface area contributed by atoms with E-state index in [0.29, 0.717) is 17.9 Å². The Morgan fingerprint density at radius 1 is 0.964 bits per heavy atom. The molecule has 3 unspecified atom stereocenters. The van der Waals surface area contributed by atoms with Gasteiger partial charge in [-0.3, -0.25) is 0 Å². The third-order valence-electron chi connectivity index (χ3n) is 6.68. The molecule has 3 aromatic rings. The molecule has 1 aliphatic carbocycles. The highest BCUT2D eigenvalue weighted by Crippen LogP contribution is 2.50. The predicted molar refractivity (Wildman–Crippen MR) is 113 cm³/mol. The van der Waals surface area contributed by atoms with Crippen LogP contribution in [0.15, 0.2) is 36.4 Å². The molecule has 1 saturated carbocycles. The van der Waals surface area contributed by atoms with E-state index in [4.69, 9.17) is 9.47 Å². The van der Waals surface area contributed by atoms with Crippen LogP contribution in [0, 0.1) is 6.92 Å². The first-order chi connectivity index (χ1) is 13.7. The second-order valence-corrected chi connectivity index (χ2v) is 8.23. The minimum Gasteiger partial charge on any atom is -0.493 e. The predicted octanol–water partition coefficient (Wildman–Crippen LogP) is 5.02. The lowest BCUT2D eigenvalue weighted by Gasteiger charge is -2.42. The van der Waals surface area contributed by atoms with Crippen LogP contribution < -0.4 is 14.8 Å². The molecule has 0 radical (unpaired) electrons. The van der Waals surface area contributed by atoms with E-state index >= 15 is 0 Å². The van der Waals surface area contributed by atoms with Gasteiger partial charge >= 0.3 is 0 Å². The molecule has 1 aliphatic heterocycles. The fourth-order valence-electron chi connectivity index (χ4n) is 5.42. The molecular weight excluding hydrogens is 348 g/mol. The molecule has 0 saturated heterocycles. The Bertz CT molecular complexity index is 1020. The van der Waals surface area contributed by atoms with Crippen molar-refractivity contribution in [2.75, 3.05) is 14.2 Å². The highest BCUT2D eigenvalue weighted by Gasteiger charge is 2.40. The normalized spacial score (nSPS) is 23.9. The van der Waals surface area contributed by atoms with Crippen molar-refractivity contribution in [3.8, 4) is 11.5 Å². The Hall–Kier alpha value is -2.46. The largest absolute Gasteiger partial charge is 0.493 e. The van der Waals surface area contributed by atoms with Gasteiger partial charge in [-0.25, -0.2) is 0 Å². The minimum atomic E-state index is 0.476. The van der Waals surface area contributed by atoms with Gasteiger partial charge in [0.05, 0.1) is 14.2 Å². The number of fused-ring (bicyclic) bond motifs is 5. The molecule has 1 fully saturated rings. The van der Waals surface area contributed by atoms with Gasteiger partial charge in [0.15, 0.2) is 11.5 Å². The van der Waals surface area contributed by atoms with Gasteiger partial charge in [0.1, 0.15) is 0 Å². The summed E-state index contributed by atoms with van der Waals surface area (Å²) < 4.78 is 11.1. The number of hydrogen-bond acceptors (Lipinski definition) is 3. The molecule has 2 heterocycles. The second kappa shape index (κ2) is 6.85. The van der Waals surface area contributed by atoms with Crippen LogP contribution in [0.2, 0.25) is 0 Å². The average Bonchev–Trinajstić information content (AvgIpc) is 3.10. The first-order valence-corrected chi connectivity index (χ1v) is 10.3. The summed E-state index contributed by atoms with van der Waals surface area (Å²) in [5.41, 5.74) is 6.82. The van der Waals surface area contributed by atoms with E-state index in [1.165, 1.54) is 52.5 Å². The summed E-state index contributed by atoms with van der Waals surface area (Å²) in [7, 11) is 3.41. The van der Waals surface area contributed by atoms with Crippen LogP contribution >= 0.6 is 0 Å². The first-order valence-electron chi connectivity index (χ1n) is 10.3. The van der Waals surface area contributed by atoms with Crippen molar-refractivity contribution in [3.05, 3.63) is 58.8 Å². The Balaban J connectivity index is 1.65. The topological polar surface area (TPSA) is 46.3 Å². The van der Waals surface area contributed by atoms with Crippen LogP contribution in [0.5, 0.6) is 11.5 Å². The van der Waals surface area contributed by atoms with Crippen molar-refractivity contribution in [2.45, 2.75) is 50.6 Å². The number of ether oxygens (including phenoxy) is 2. The summed E-state index contributed by atoms with van der Waals surface area (Å²) in [5.74, 6) is 2.57. The van der Waals surface area contributed by atoms with Gasteiger partial charge in [0.25, 0.3) is 0 Å². The van der Waals surface area contributed by atoms with E-state index in [0.717, 1.165) is 18.0 Å². The van der Waals surface area contributed by atoms with Crippen LogP contribution in [0.25, 0.3) is 10.9 Å². The van der Waals surface area contributed by atoms with Crippen molar-refractivity contribution in [1.29, 1.82) is 0 Å². The van der Waals surface area contributed by atoms with Crippen molar-refractivity contribution in [2.24, 2.45) is 0 Å². The summed E-state index contributed by atoms with van der Waals surface area (Å²) in [6.45, 7) is 3.12. The summed E-state index contributed by atoms with van der Waals surface area (Å²) in [6, 6.07) is 13.8. The van der Waals surface area contributed by atoms with Crippen molar-refractivity contribution >= 4 is 10.9 Å². The number of hydrogen-bond donors (Lipinski definition) is 2. The van der Waals surface area contributed by atoms with Crippen LogP contribution in [-0.2, 0) is 6.54 Å². The Kier molecular flexibility index (Phi) is 4.31. The van der Waals surface area contributed by atoms with E-state index in [2.05, 4.69) is 47.6 Å². The molecule has 1 aromatic heterocycles. The molecule has 146 valence electrons. The highest BCUT2D eigenvalue weighted by atomic mass is 16.5. The average molecular weight is 377 g/mol. The molecule has 4 heteroatoms. The number of rotatable bonds is 3. The van der Waals surface area contributed by atoms with Gasteiger partial charge in [0, 0.05) is 35.1 Å². The smallest absolute Gasteiger partial charge is 0.160 e. The summed E-state index contributed by atoms with van der Waals surface area (Å²) in [4.78, 5) is 3.68. The molecule has 2 aliphatic rings. The number of nitrogens with one attached hydrogen (secondary N) is 2. The number of methoxy groups -OCH3 is 2. The van der Waals surface area contributed by atoms with Gasteiger partial charge in [-0.2, -0.15) is 0 Å². The molecule has 5 rings (SSSR count). The second-order valence-electron chi connectivity index (χ2n) is 8.23. The highest BCUT2D eigenvalue weighted by molar-refractivity contribution is 5.86. The molecule has 4 nitrogen and oxygen atoms in total. The summed E-state index contributed by atoms with van der Waals surface area (Å²) in [5, 5.41) is 5.22. The molecule has 28 heavy (non-hydrogen) atoms. The van der Waals surface area contributed by atoms with Gasteiger partial charge in [0.2, 0.25) is 0 Å².